The summed E-state index contributed by atoms with van der Waals surface area (Å²) in [6, 6.07) is 0. The fourth-order valence-corrected chi connectivity index (χ4v) is 0.572. The second kappa shape index (κ2) is 25.3. The van der Waals surface area contributed by atoms with Crippen molar-refractivity contribution in [3.63, 3.8) is 0 Å². The van der Waals surface area contributed by atoms with Crippen LogP contribution in [0.15, 0.2) is 0 Å². The van der Waals surface area contributed by atoms with Crippen molar-refractivity contribution in [1.82, 2.24) is 0 Å². The summed E-state index contributed by atoms with van der Waals surface area (Å²) in [6.45, 7) is 11.9. The fourth-order valence-electron chi connectivity index (χ4n) is 0.572. The number of carbonyl (C=O) groups is 4. The first kappa shape index (κ1) is 30.4. The molecule has 0 bridgehead atoms. The first-order valence-corrected chi connectivity index (χ1v) is 4.44. The maximum absolute atomic E-state index is 9.98. The predicted molar refractivity (Wildman–Crippen MR) is 64.8 cm³/mol. The van der Waals surface area contributed by atoms with Crippen LogP contribution in [0.1, 0.15) is 27.7 Å². The van der Waals surface area contributed by atoms with Crippen molar-refractivity contribution in [2.24, 2.45) is 0 Å². The molecule has 0 unspecified atom stereocenters. The van der Waals surface area contributed by atoms with E-state index in [9.17, 15) is 19.2 Å². The van der Waals surface area contributed by atoms with Gasteiger partial charge in [0.05, 0.1) is 0 Å². The Hall–Kier alpha value is -1.62. The monoisotopic (exact) mass is 359 g/mol. The summed E-state index contributed by atoms with van der Waals surface area (Å²) in [7, 11) is 0. The molecule has 6 nitrogen and oxygen atoms in total. The van der Waals surface area contributed by atoms with Gasteiger partial charge in [0.1, 0.15) is 0 Å². The fraction of sp³-hybridized carbons (Fsp3) is 0.333. The number of rotatable bonds is 4. The Labute approximate surface area is 126 Å². The van der Waals surface area contributed by atoms with E-state index in [0.29, 0.717) is 0 Å². The molecular weight excluding hydrogens is 343 g/mol. The van der Waals surface area contributed by atoms with E-state index in [1.165, 1.54) is 27.7 Å². The third kappa shape index (κ3) is 83.2. The van der Waals surface area contributed by atoms with E-state index in [1.807, 2.05) is 0 Å². The summed E-state index contributed by atoms with van der Waals surface area (Å²) >= 11 is 0. The molecule has 0 aromatic carbocycles. The molecule has 0 aromatic heterocycles. The molecule has 0 saturated heterocycles. The van der Waals surface area contributed by atoms with Crippen LogP contribution in [0.4, 0.5) is 0 Å². The maximum Gasteiger partial charge on any atom is 2.00 e. The van der Waals surface area contributed by atoms with Gasteiger partial charge in [0.15, 0.2) is 0 Å². The molecule has 0 N–H and O–H groups in total. The quantitative estimate of drug-likeness (QED) is 0.307. The Balaban J connectivity index is -0.0000000522. The van der Waals surface area contributed by atoms with Gasteiger partial charge >= 0.3 is 19.5 Å². The molecule has 0 amide bonds. The molecule has 0 atom stereocenters. The molecule has 0 fully saturated rings. The molecule has 19 heavy (non-hydrogen) atoms. The van der Waals surface area contributed by atoms with E-state index in [2.05, 4.69) is 13.6 Å². The summed E-state index contributed by atoms with van der Waals surface area (Å²) in [6.07, 6.45) is 2.11. The van der Waals surface area contributed by atoms with Gasteiger partial charge in [-0.1, -0.05) is 0 Å². The topological polar surface area (TPSA) is 102 Å². The molecule has 0 spiro atoms. The molecule has 0 aliphatic heterocycles. The van der Waals surface area contributed by atoms with Gasteiger partial charge in [-0.15, -0.1) is 0 Å². The average Bonchev–Trinajstić information content (AvgIpc) is 2.20. The third-order valence-electron chi connectivity index (χ3n) is 0.813. The van der Waals surface area contributed by atoms with Gasteiger partial charge in [0.25, 0.3) is 0 Å². The smallest absolute Gasteiger partial charge is 0.545 e. The van der Waals surface area contributed by atoms with Crippen LogP contribution in [0.5, 0.6) is 0 Å². The minimum Gasteiger partial charge on any atom is -0.545 e. The van der Waals surface area contributed by atoms with Crippen LogP contribution in [-0.2, 0) is 48.2 Å². The Morgan fingerprint density at radius 2 is 0.684 bits per heavy atom. The normalized spacial score (nSPS) is 6.11. The second-order valence-electron chi connectivity index (χ2n) is 2.73. The Bertz CT molecular complexity index is 223. The zero-order chi connectivity index (χ0) is 15.7. The largest absolute Gasteiger partial charge is 2.00 e. The molecule has 0 rings (SSSR count). The second-order valence-corrected chi connectivity index (χ2v) is 2.73. The molecule has 1 radical (unpaired) electrons. The summed E-state index contributed by atoms with van der Waals surface area (Å²) in [4.78, 5) is 55.4. The van der Waals surface area contributed by atoms with E-state index >= 15 is 0 Å². The molecular formula is C12H16O6Rh-2. The molecule has 0 aromatic rings. The van der Waals surface area contributed by atoms with Gasteiger partial charge < -0.3 is 28.8 Å². The third-order valence-corrected chi connectivity index (χ3v) is 0.813. The first-order chi connectivity index (χ1) is 8.25. The van der Waals surface area contributed by atoms with Gasteiger partial charge in [-0.2, -0.15) is 0 Å². The Morgan fingerprint density at radius 1 is 0.579 bits per heavy atom. The summed E-state index contributed by atoms with van der Waals surface area (Å²) in [5, 5.41) is 0. The van der Waals surface area contributed by atoms with Crippen molar-refractivity contribution in [2.75, 3.05) is 0 Å². The van der Waals surface area contributed by atoms with Crippen molar-refractivity contribution in [2.45, 2.75) is 27.7 Å². The van der Waals surface area contributed by atoms with E-state index in [4.69, 9.17) is 9.59 Å². The molecule has 0 aliphatic rings. The summed E-state index contributed by atoms with van der Waals surface area (Å²) in [5.41, 5.74) is 0. The van der Waals surface area contributed by atoms with Crippen LogP contribution in [0, 0.1) is 12.8 Å². The summed E-state index contributed by atoms with van der Waals surface area (Å²) < 4.78 is 0. The molecule has 111 valence electrons. The van der Waals surface area contributed by atoms with Crippen LogP contribution in [0.2, 0.25) is 0 Å². The van der Waals surface area contributed by atoms with Crippen molar-refractivity contribution in [1.29, 1.82) is 0 Å². The summed E-state index contributed by atoms with van der Waals surface area (Å²) in [5.74, 6) is -0.750. The van der Waals surface area contributed by atoms with Gasteiger partial charge in [0, 0.05) is 23.1 Å². The minimum atomic E-state index is -0.187. The average molecular weight is 359 g/mol. The number of ketones is 4. The van der Waals surface area contributed by atoms with Gasteiger partial charge in [-0.25, -0.2) is 0 Å². The number of hydrogen-bond donors (Lipinski definition) is 0. The van der Waals surface area contributed by atoms with Gasteiger partial charge in [-0.3, -0.25) is 26.4 Å². The van der Waals surface area contributed by atoms with E-state index in [0.717, 1.165) is 12.8 Å². The predicted octanol–water partition coefficient (Wildman–Crippen LogP) is 0.187. The Kier molecular flexibility index (Phi) is 40.5. The standard InChI is InChI=1S/2C5H7O2.2CHO.Rh/c2*1-4(6)3-5(2)7;2*1-2;/h2*3H,1-2H3;2*1H;/q4*-1;+2. The molecule has 0 heterocycles. The molecule has 7 heteroatoms. The van der Waals surface area contributed by atoms with Crippen molar-refractivity contribution < 1.29 is 48.2 Å². The van der Waals surface area contributed by atoms with Crippen LogP contribution in [0.3, 0.4) is 0 Å². The van der Waals surface area contributed by atoms with Crippen molar-refractivity contribution in [3.8, 4) is 0 Å². The minimum absolute atomic E-state index is 0. The van der Waals surface area contributed by atoms with E-state index < -0.39 is 0 Å². The van der Waals surface area contributed by atoms with Crippen LogP contribution in [0.25, 0.3) is 0 Å². The van der Waals surface area contributed by atoms with Gasteiger partial charge in [-0.05, 0) is 27.7 Å². The maximum atomic E-state index is 9.98. The number of Topliss-reactive ketones (excluding diaryl/α,β-unsaturated/α-hetero) is 4. The number of hydrogen-bond acceptors (Lipinski definition) is 6. The number of carbonyl (C=O) groups excluding carboxylic acids is 6. The zero-order valence-electron chi connectivity index (χ0n) is 11.1. The zero-order valence-corrected chi connectivity index (χ0v) is 12.7. The molecule has 0 aliphatic carbocycles. The van der Waals surface area contributed by atoms with Crippen molar-refractivity contribution >= 4 is 36.7 Å². The SMILES string of the molecule is CC(=O)[CH-]C(C)=O.CC(=O)[CH-]C(C)=O.[CH-]=O.[CH-]=O.[Rh+2]. The van der Waals surface area contributed by atoms with Gasteiger partial charge in [0.2, 0.25) is 0 Å². The van der Waals surface area contributed by atoms with E-state index in [-0.39, 0.29) is 42.6 Å². The Morgan fingerprint density at radius 3 is 0.684 bits per heavy atom. The van der Waals surface area contributed by atoms with Crippen LogP contribution < -0.4 is 0 Å². The van der Waals surface area contributed by atoms with E-state index in [1.54, 1.807) is 0 Å². The first-order valence-electron chi connectivity index (χ1n) is 4.44. The van der Waals surface area contributed by atoms with Crippen molar-refractivity contribution in [3.05, 3.63) is 12.8 Å². The molecule has 0 saturated carbocycles. The van der Waals surface area contributed by atoms with Crippen LogP contribution in [-0.4, -0.2) is 36.7 Å². The van der Waals surface area contributed by atoms with Crippen LogP contribution >= 0.6 is 0 Å².